The van der Waals surface area contributed by atoms with E-state index in [1.165, 1.54) is 31.2 Å². The summed E-state index contributed by atoms with van der Waals surface area (Å²) in [4.78, 5) is 12.2. The smallest absolute Gasteiger partial charge is 0.220 e. The molecule has 132 valence electrons. The molecule has 0 aliphatic carbocycles. The second kappa shape index (κ2) is 8.63. The van der Waals surface area contributed by atoms with Gasteiger partial charge in [0, 0.05) is 25.0 Å². The Kier molecular flexibility index (Phi) is 6.27. The summed E-state index contributed by atoms with van der Waals surface area (Å²) in [5.41, 5.74) is 1.19. The van der Waals surface area contributed by atoms with Gasteiger partial charge in [0.1, 0.15) is 0 Å². The SMILES string of the molecule is CC(CNC(=O)CC1CC2CCC(C1)N2)COCc1ccccc1. The molecule has 0 aromatic heterocycles. The lowest BCUT2D eigenvalue weighted by molar-refractivity contribution is -0.122. The van der Waals surface area contributed by atoms with Crippen LogP contribution in [0, 0.1) is 11.8 Å². The van der Waals surface area contributed by atoms with Crippen molar-refractivity contribution in [1.82, 2.24) is 10.6 Å². The zero-order chi connectivity index (χ0) is 16.8. The van der Waals surface area contributed by atoms with E-state index >= 15 is 0 Å². The minimum absolute atomic E-state index is 0.205. The Morgan fingerprint density at radius 1 is 1.25 bits per heavy atom. The second-order valence-corrected chi connectivity index (χ2v) is 7.59. The van der Waals surface area contributed by atoms with Crippen molar-refractivity contribution < 1.29 is 9.53 Å². The largest absolute Gasteiger partial charge is 0.376 e. The van der Waals surface area contributed by atoms with Crippen LogP contribution in [-0.4, -0.2) is 31.1 Å². The molecule has 2 bridgehead atoms. The van der Waals surface area contributed by atoms with Crippen LogP contribution < -0.4 is 10.6 Å². The van der Waals surface area contributed by atoms with Gasteiger partial charge in [0.05, 0.1) is 13.2 Å². The molecule has 3 unspecified atom stereocenters. The topological polar surface area (TPSA) is 50.4 Å². The van der Waals surface area contributed by atoms with Gasteiger partial charge >= 0.3 is 0 Å². The van der Waals surface area contributed by atoms with Gasteiger partial charge in [-0.1, -0.05) is 37.3 Å². The van der Waals surface area contributed by atoms with Crippen LogP contribution >= 0.6 is 0 Å². The summed E-state index contributed by atoms with van der Waals surface area (Å²) in [5, 5.41) is 6.72. The summed E-state index contributed by atoms with van der Waals surface area (Å²) in [7, 11) is 0. The summed E-state index contributed by atoms with van der Waals surface area (Å²) >= 11 is 0. The molecule has 1 amide bonds. The van der Waals surface area contributed by atoms with Crippen molar-refractivity contribution in [2.75, 3.05) is 13.2 Å². The van der Waals surface area contributed by atoms with Crippen LogP contribution in [0.25, 0.3) is 0 Å². The normalized spacial score (nSPS) is 27.0. The minimum Gasteiger partial charge on any atom is -0.376 e. The van der Waals surface area contributed by atoms with Crippen molar-refractivity contribution in [2.45, 2.75) is 57.7 Å². The molecule has 0 spiro atoms. The molecule has 4 nitrogen and oxygen atoms in total. The van der Waals surface area contributed by atoms with E-state index in [2.05, 4.69) is 29.7 Å². The molecule has 4 heteroatoms. The number of benzene rings is 1. The molecule has 3 rings (SSSR count). The zero-order valence-corrected chi connectivity index (χ0v) is 14.7. The highest BCUT2D eigenvalue weighted by Crippen LogP contribution is 2.32. The van der Waals surface area contributed by atoms with E-state index < -0.39 is 0 Å². The van der Waals surface area contributed by atoms with Crippen LogP contribution in [0.5, 0.6) is 0 Å². The van der Waals surface area contributed by atoms with Crippen LogP contribution in [0.3, 0.4) is 0 Å². The van der Waals surface area contributed by atoms with Crippen molar-refractivity contribution in [3.8, 4) is 0 Å². The number of piperidine rings is 1. The second-order valence-electron chi connectivity index (χ2n) is 7.59. The van der Waals surface area contributed by atoms with E-state index in [4.69, 9.17) is 4.74 Å². The average molecular weight is 330 g/mol. The van der Waals surface area contributed by atoms with Gasteiger partial charge in [-0.3, -0.25) is 4.79 Å². The van der Waals surface area contributed by atoms with Crippen LogP contribution in [-0.2, 0) is 16.1 Å². The first-order valence-electron chi connectivity index (χ1n) is 9.33. The number of hydrogen-bond donors (Lipinski definition) is 2. The molecule has 2 aliphatic heterocycles. The quantitative estimate of drug-likeness (QED) is 0.770. The molecule has 2 saturated heterocycles. The van der Waals surface area contributed by atoms with E-state index in [1.54, 1.807) is 0 Å². The Bertz CT molecular complexity index is 508. The van der Waals surface area contributed by atoms with Crippen LogP contribution in [0.1, 0.15) is 44.6 Å². The van der Waals surface area contributed by atoms with Gasteiger partial charge in [-0.15, -0.1) is 0 Å². The van der Waals surface area contributed by atoms with E-state index in [1.807, 2.05) is 18.2 Å². The molecule has 2 aliphatic rings. The number of nitrogens with one attached hydrogen (secondary N) is 2. The van der Waals surface area contributed by atoms with Crippen molar-refractivity contribution in [3.05, 3.63) is 35.9 Å². The molecular formula is C20H30N2O2. The van der Waals surface area contributed by atoms with Gasteiger partial charge in [0.25, 0.3) is 0 Å². The van der Waals surface area contributed by atoms with Gasteiger partial charge in [0.2, 0.25) is 5.91 Å². The predicted molar refractivity (Wildman–Crippen MR) is 95.6 cm³/mol. The molecule has 2 heterocycles. The Balaban J connectivity index is 1.28. The number of carbonyl (C=O) groups is 1. The van der Waals surface area contributed by atoms with E-state index in [9.17, 15) is 4.79 Å². The standard InChI is InChI=1S/C20H30N2O2/c1-15(13-24-14-16-5-3-2-4-6-16)12-21-20(23)11-17-9-18-7-8-19(10-17)22-18/h2-6,15,17-19,22H,7-14H2,1H3,(H,21,23). The monoisotopic (exact) mass is 330 g/mol. The first-order chi connectivity index (χ1) is 11.7. The van der Waals surface area contributed by atoms with Crippen molar-refractivity contribution >= 4 is 5.91 Å². The molecule has 2 N–H and O–H groups in total. The molecule has 0 radical (unpaired) electrons. The maximum Gasteiger partial charge on any atom is 0.220 e. The Labute approximate surface area is 145 Å². The number of carbonyl (C=O) groups excluding carboxylic acids is 1. The Morgan fingerprint density at radius 3 is 2.67 bits per heavy atom. The van der Waals surface area contributed by atoms with Crippen molar-refractivity contribution in [2.24, 2.45) is 11.8 Å². The van der Waals surface area contributed by atoms with Crippen molar-refractivity contribution in [3.63, 3.8) is 0 Å². The van der Waals surface area contributed by atoms with Crippen LogP contribution in [0.15, 0.2) is 30.3 Å². The van der Waals surface area contributed by atoms with Crippen LogP contribution in [0.2, 0.25) is 0 Å². The third kappa shape index (κ3) is 5.32. The lowest BCUT2D eigenvalue weighted by Crippen LogP contribution is -2.40. The maximum absolute atomic E-state index is 12.2. The third-order valence-electron chi connectivity index (χ3n) is 5.21. The van der Waals surface area contributed by atoms with Crippen LogP contribution in [0.4, 0.5) is 0 Å². The highest BCUT2D eigenvalue weighted by Gasteiger charge is 2.34. The van der Waals surface area contributed by atoms with E-state index in [0.717, 1.165) is 0 Å². The molecule has 1 aromatic carbocycles. The number of hydrogen-bond acceptors (Lipinski definition) is 3. The molecule has 0 saturated carbocycles. The lowest BCUT2D eigenvalue weighted by atomic mass is 9.89. The lowest BCUT2D eigenvalue weighted by Gasteiger charge is -2.28. The summed E-state index contributed by atoms with van der Waals surface area (Å²) in [5.74, 6) is 1.10. The van der Waals surface area contributed by atoms with Gasteiger partial charge < -0.3 is 15.4 Å². The molecule has 3 atom stereocenters. The predicted octanol–water partition coefficient (Wildman–Crippen LogP) is 2.88. The summed E-state index contributed by atoms with van der Waals surface area (Å²) in [6.07, 6.45) is 5.60. The van der Waals surface area contributed by atoms with E-state index in [0.29, 0.717) is 50.1 Å². The minimum atomic E-state index is 0.205. The number of amides is 1. The first kappa shape index (κ1) is 17.4. The summed E-state index contributed by atoms with van der Waals surface area (Å²) in [6.45, 7) is 4.13. The fraction of sp³-hybridized carbons (Fsp3) is 0.650. The highest BCUT2D eigenvalue weighted by molar-refractivity contribution is 5.76. The van der Waals surface area contributed by atoms with Gasteiger partial charge in [-0.2, -0.15) is 0 Å². The first-order valence-corrected chi connectivity index (χ1v) is 9.33. The average Bonchev–Trinajstić information content (AvgIpc) is 2.92. The highest BCUT2D eigenvalue weighted by atomic mass is 16.5. The molecule has 2 fully saturated rings. The van der Waals surface area contributed by atoms with Gasteiger partial charge in [-0.25, -0.2) is 0 Å². The molecule has 24 heavy (non-hydrogen) atoms. The van der Waals surface area contributed by atoms with Gasteiger partial charge in [-0.05, 0) is 43.1 Å². The molecule has 1 aromatic rings. The fourth-order valence-electron chi connectivity index (χ4n) is 3.98. The van der Waals surface area contributed by atoms with E-state index in [-0.39, 0.29) is 5.91 Å². The Hall–Kier alpha value is -1.39. The summed E-state index contributed by atoms with van der Waals surface area (Å²) in [6, 6.07) is 11.5. The third-order valence-corrected chi connectivity index (χ3v) is 5.21. The summed E-state index contributed by atoms with van der Waals surface area (Å²) < 4.78 is 5.74. The number of ether oxygens (including phenoxy) is 1. The number of fused-ring (bicyclic) bond motifs is 2. The Morgan fingerprint density at radius 2 is 1.96 bits per heavy atom. The van der Waals surface area contributed by atoms with Gasteiger partial charge in [0.15, 0.2) is 0 Å². The molecular weight excluding hydrogens is 300 g/mol. The zero-order valence-electron chi connectivity index (χ0n) is 14.7. The van der Waals surface area contributed by atoms with Crippen molar-refractivity contribution in [1.29, 1.82) is 0 Å². The number of rotatable bonds is 8. The maximum atomic E-state index is 12.2. The fourth-order valence-corrected chi connectivity index (χ4v) is 3.98.